The highest BCUT2D eigenvalue weighted by atomic mass is 16.5. The number of nitrogens with one attached hydrogen (secondary N) is 2. The highest BCUT2D eigenvalue weighted by Crippen LogP contribution is 2.23. The first-order chi connectivity index (χ1) is 13.5. The summed E-state index contributed by atoms with van der Waals surface area (Å²) < 4.78 is 10.2. The van der Waals surface area contributed by atoms with Crippen LogP contribution in [0.15, 0.2) is 30.3 Å². The van der Waals surface area contributed by atoms with E-state index in [4.69, 9.17) is 9.47 Å². The number of hydrogen-bond donors (Lipinski definition) is 2. The number of amides is 3. The van der Waals surface area contributed by atoms with E-state index in [1.807, 2.05) is 6.92 Å². The van der Waals surface area contributed by atoms with Crippen molar-refractivity contribution in [3.05, 3.63) is 35.9 Å². The summed E-state index contributed by atoms with van der Waals surface area (Å²) in [5.74, 6) is -0.186. The molecule has 28 heavy (non-hydrogen) atoms. The molecule has 0 unspecified atom stereocenters. The molecular formula is C21H28N2O5. The van der Waals surface area contributed by atoms with Crippen LogP contribution in [0.3, 0.4) is 0 Å². The van der Waals surface area contributed by atoms with Crippen molar-refractivity contribution in [3.8, 4) is 5.75 Å². The summed E-state index contributed by atoms with van der Waals surface area (Å²) in [6, 6.07) is 6.73. The van der Waals surface area contributed by atoms with Crippen LogP contribution in [0, 0.1) is 5.92 Å². The normalized spacial score (nSPS) is 19.1. The molecule has 7 nitrogen and oxygen atoms in total. The Hall–Kier alpha value is -2.83. The largest absolute Gasteiger partial charge is 0.494 e. The van der Waals surface area contributed by atoms with E-state index in [0.29, 0.717) is 12.5 Å². The molecule has 1 fully saturated rings. The molecule has 7 heteroatoms. The Labute approximate surface area is 165 Å². The lowest BCUT2D eigenvalue weighted by Crippen LogP contribution is -2.48. The Kier molecular flexibility index (Phi) is 8.52. The Balaban J connectivity index is 1.69. The van der Waals surface area contributed by atoms with Gasteiger partial charge in [0.05, 0.1) is 6.61 Å². The molecule has 0 spiro atoms. The van der Waals surface area contributed by atoms with Gasteiger partial charge >= 0.3 is 12.0 Å². The molecule has 0 saturated heterocycles. The second-order valence-corrected chi connectivity index (χ2v) is 6.83. The van der Waals surface area contributed by atoms with E-state index in [1.54, 1.807) is 30.3 Å². The number of hydrogen-bond acceptors (Lipinski definition) is 5. The van der Waals surface area contributed by atoms with Crippen LogP contribution >= 0.6 is 0 Å². The fourth-order valence-corrected chi connectivity index (χ4v) is 3.09. The highest BCUT2D eigenvalue weighted by molar-refractivity contribution is 5.96. The smallest absolute Gasteiger partial charge is 0.331 e. The summed E-state index contributed by atoms with van der Waals surface area (Å²) in [6.45, 7) is 4.06. The third-order valence-corrected chi connectivity index (χ3v) is 4.63. The molecular weight excluding hydrogens is 360 g/mol. The van der Waals surface area contributed by atoms with Crippen LogP contribution in [0.4, 0.5) is 4.79 Å². The van der Waals surface area contributed by atoms with Gasteiger partial charge in [0.15, 0.2) is 6.61 Å². The number of rotatable bonds is 7. The van der Waals surface area contributed by atoms with Crippen LogP contribution in [0.2, 0.25) is 0 Å². The number of carbonyl (C=O) groups is 3. The molecule has 2 N–H and O–H groups in total. The summed E-state index contributed by atoms with van der Waals surface area (Å²) in [5, 5.41) is 5.00. The van der Waals surface area contributed by atoms with Crippen molar-refractivity contribution >= 4 is 24.0 Å². The zero-order valence-electron chi connectivity index (χ0n) is 16.4. The van der Waals surface area contributed by atoms with Gasteiger partial charge in [-0.25, -0.2) is 9.59 Å². The first kappa shape index (κ1) is 21.5. The zero-order chi connectivity index (χ0) is 20.4. The number of urea groups is 1. The summed E-state index contributed by atoms with van der Waals surface area (Å²) in [7, 11) is 0. The van der Waals surface area contributed by atoms with Crippen LogP contribution < -0.4 is 15.4 Å². The quantitative estimate of drug-likeness (QED) is 0.553. The van der Waals surface area contributed by atoms with Gasteiger partial charge in [0.25, 0.3) is 5.91 Å². The minimum absolute atomic E-state index is 0.0705. The lowest BCUT2D eigenvalue weighted by molar-refractivity contribution is -0.143. The number of benzene rings is 1. The summed E-state index contributed by atoms with van der Waals surface area (Å²) in [6.07, 6.45) is 7.02. The van der Waals surface area contributed by atoms with Crippen molar-refractivity contribution in [1.82, 2.24) is 10.6 Å². The summed E-state index contributed by atoms with van der Waals surface area (Å²) in [4.78, 5) is 35.4. The molecule has 152 valence electrons. The van der Waals surface area contributed by atoms with Crippen LogP contribution in [-0.4, -0.2) is 37.2 Å². The number of esters is 1. The maximum absolute atomic E-state index is 11.9. The third kappa shape index (κ3) is 7.42. The minimum atomic E-state index is -0.663. The molecule has 0 aromatic heterocycles. The molecule has 2 atom stereocenters. The summed E-state index contributed by atoms with van der Waals surface area (Å²) in [5.41, 5.74) is 0.797. The molecule has 1 saturated carbocycles. The molecule has 1 aliphatic rings. The van der Waals surface area contributed by atoms with E-state index in [9.17, 15) is 14.4 Å². The Morgan fingerprint density at radius 2 is 1.86 bits per heavy atom. The zero-order valence-corrected chi connectivity index (χ0v) is 16.4. The van der Waals surface area contributed by atoms with E-state index in [1.165, 1.54) is 12.5 Å². The van der Waals surface area contributed by atoms with Gasteiger partial charge in [-0.15, -0.1) is 0 Å². The maximum atomic E-state index is 11.9. The van der Waals surface area contributed by atoms with Crippen molar-refractivity contribution < 1.29 is 23.9 Å². The van der Waals surface area contributed by atoms with E-state index < -0.39 is 24.5 Å². The van der Waals surface area contributed by atoms with Crippen molar-refractivity contribution in [3.63, 3.8) is 0 Å². The fraction of sp³-hybridized carbons (Fsp3) is 0.476. The predicted octanol–water partition coefficient (Wildman–Crippen LogP) is 3.05. The third-order valence-electron chi connectivity index (χ3n) is 4.63. The average Bonchev–Trinajstić information content (AvgIpc) is 2.68. The SMILES string of the molecule is CCOc1ccc(/C=C/C(=O)OCC(=O)NC(=O)N[C@@H]2CCCC[C@@H]2C)cc1. The van der Waals surface area contributed by atoms with E-state index in [2.05, 4.69) is 17.6 Å². The van der Waals surface area contributed by atoms with Gasteiger partial charge in [0, 0.05) is 12.1 Å². The van der Waals surface area contributed by atoms with E-state index >= 15 is 0 Å². The summed E-state index contributed by atoms with van der Waals surface area (Å²) >= 11 is 0. The molecule has 0 heterocycles. The molecule has 0 radical (unpaired) electrons. The molecule has 2 rings (SSSR count). The van der Waals surface area contributed by atoms with E-state index in [0.717, 1.165) is 30.6 Å². The standard InChI is InChI=1S/C21H28N2O5/c1-3-27-17-11-8-16(9-12-17)10-13-20(25)28-14-19(24)23-21(26)22-18-7-5-4-6-15(18)2/h8-13,15,18H,3-7,14H2,1-2H3,(H2,22,23,24,26)/b13-10+/t15-,18+/m0/s1. The Morgan fingerprint density at radius 3 is 2.54 bits per heavy atom. The first-order valence-electron chi connectivity index (χ1n) is 9.66. The maximum Gasteiger partial charge on any atom is 0.331 e. The van der Waals surface area contributed by atoms with Crippen LogP contribution in [-0.2, 0) is 14.3 Å². The first-order valence-corrected chi connectivity index (χ1v) is 9.66. The molecule has 0 bridgehead atoms. The molecule has 3 amide bonds. The van der Waals surface area contributed by atoms with Gasteiger partial charge in [-0.05, 0) is 49.5 Å². The minimum Gasteiger partial charge on any atom is -0.494 e. The van der Waals surface area contributed by atoms with Gasteiger partial charge < -0.3 is 14.8 Å². The molecule has 1 aromatic rings. The lowest BCUT2D eigenvalue weighted by Gasteiger charge is -2.29. The fourth-order valence-electron chi connectivity index (χ4n) is 3.09. The topological polar surface area (TPSA) is 93.7 Å². The van der Waals surface area contributed by atoms with Crippen molar-refractivity contribution in [2.24, 2.45) is 5.92 Å². The van der Waals surface area contributed by atoms with Gasteiger partial charge in [-0.1, -0.05) is 31.9 Å². The highest BCUT2D eigenvalue weighted by Gasteiger charge is 2.23. The van der Waals surface area contributed by atoms with Crippen molar-refractivity contribution in [2.75, 3.05) is 13.2 Å². The molecule has 0 aliphatic heterocycles. The van der Waals surface area contributed by atoms with Crippen molar-refractivity contribution in [1.29, 1.82) is 0 Å². The lowest BCUT2D eigenvalue weighted by atomic mass is 9.86. The van der Waals surface area contributed by atoms with Crippen molar-refractivity contribution in [2.45, 2.75) is 45.6 Å². The monoisotopic (exact) mass is 388 g/mol. The van der Waals surface area contributed by atoms with Crippen LogP contribution in [0.25, 0.3) is 6.08 Å². The van der Waals surface area contributed by atoms with E-state index in [-0.39, 0.29) is 6.04 Å². The van der Waals surface area contributed by atoms with Gasteiger partial charge in [-0.3, -0.25) is 10.1 Å². The van der Waals surface area contributed by atoms with Crippen LogP contribution in [0.5, 0.6) is 5.75 Å². The molecule has 1 aromatic carbocycles. The number of ether oxygens (including phenoxy) is 2. The van der Waals surface area contributed by atoms with Gasteiger partial charge in [0.1, 0.15) is 5.75 Å². The Morgan fingerprint density at radius 1 is 1.14 bits per heavy atom. The molecule has 1 aliphatic carbocycles. The second kappa shape index (κ2) is 11.1. The van der Waals surface area contributed by atoms with Gasteiger partial charge in [-0.2, -0.15) is 0 Å². The predicted molar refractivity (Wildman–Crippen MR) is 106 cm³/mol. The average molecular weight is 388 g/mol. The second-order valence-electron chi connectivity index (χ2n) is 6.83. The van der Waals surface area contributed by atoms with Gasteiger partial charge in [0.2, 0.25) is 0 Å². The Bertz CT molecular complexity index is 699. The number of carbonyl (C=O) groups excluding carboxylic acids is 3. The van der Waals surface area contributed by atoms with Crippen LogP contribution in [0.1, 0.15) is 45.1 Å². The number of imide groups is 1.